The van der Waals surface area contributed by atoms with Crippen LogP contribution in [0.1, 0.15) is 30.9 Å². The van der Waals surface area contributed by atoms with Crippen molar-refractivity contribution < 1.29 is 4.79 Å². The van der Waals surface area contributed by atoms with Gasteiger partial charge in [-0.2, -0.15) is 0 Å². The molecular weight excluding hydrogens is 312 g/mol. The molecule has 0 saturated carbocycles. The predicted molar refractivity (Wildman–Crippen MR) is 105 cm³/mol. The maximum atomic E-state index is 13.0. The van der Waals surface area contributed by atoms with Gasteiger partial charge in [-0.1, -0.05) is 25.1 Å². The number of hydrogen-bond acceptors (Lipinski definition) is 3. The molecule has 0 unspecified atom stereocenters. The van der Waals surface area contributed by atoms with Crippen LogP contribution in [0.15, 0.2) is 18.2 Å². The summed E-state index contributed by atoms with van der Waals surface area (Å²) in [7, 11) is 4.10. The van der Waals surface area contributed by atoms with Gasteiger partial charge in [0, 0.05) is 31.4 Å². The second kappa shape index (κ2) is 9.20. The van der Waals surface area contributed by atoms with E-state index in [1.807, 2.05) is 36.9 Å². The molecule has 1 aliphatic rings. The molecule has 1 aromatic rings. The number of hydrogen-bond donors (Lipinski definition) is 1. The molecule has 0 radical (unpaired) electrons. The van der Waals surface area contributed by atoms with E-state index in [4.69, 9.17) is 0 Å². The number of nitrogens with zero attached hydrogens (tertiary/aromatic N) is 3. The van der Waals surface area contributed by atoms with Gasteiger partial charge in [-0.25, -0.2) is 4.79 Å². The minimum absolute atomic E-state index is 0.0159. The van der Waals surface area contributed by atoms with Crippen molar-refractivity contribution in [1.29, 1.82) is 0 Å². The lowest BCUT2D eigenvalue weighted by Crippen LogP contribution is -2.47. The number of rotatable bonds is 7. The quantitative estimate of drug-likeness (QED) is 0.824. The molecule has 25 heavy (non-hydrogen) atoms. The monoisotopic (exact) mass is 346 g/mol. The van der Waals surface area contributed by atoms with Crippen molar-refractivity contribution in [3.8, 4) is 0 Å². The van der Waals surface area contributed by atoms with Crippen molar-refractivity contribution in [3.05, 3.63) is 29.3 Å². The normalized spacial score (nSPS) is 17.9. The molecule has 1 fully saturated rings. The Labute approximate surface area is 153 Å². The zero-order valence-corrected chi connectivity index (χ0v) is 16.5. The Bertz CT molecular complexity index is 553. The molecule has 5 heteroatoms. The van der Waals surface area contributed by atoms with Crippen LogP contribution in [0.3, 0.4) is 0 Å². The molecule has 1 aliphatic heterocycles. The Kier molecular flexibility index (Phi) is 7.26. The summed E-state index contributed by atoms with van der Waals surface area (Å²) in [5.74, 6) is 0. The van der Waals surface area contributed by atoms with E-state index in [-0.39, 0.29) is 6.03 Å². The molecule has 140 valence electrons. The van der Waals surface area contributed by atoms with Crippen LogP contribution >= 0.6 is 0 Å². The van der Waals surface area contributed by atoms with E-state index < -0.39 is 0 Å². The van der Waals surface area contributed by atoms with Crippen LogP contribution in [-0.2, 0) is 0 Å². The second-order valence-corrected chi connectivity index (χ2v) is 7.37. The van der Waals surface area contributed by atoms with E-state index >= 15 is 0 Å². The Morgan fingerprint density at radius 3 is 2.52 bits per heavy atom. The lowest BCUT2D eigenvalue weighted by atomic mass is 10.1. The first-order valence-electron chi connectivity index (χ1n) is 9.43. The third kappa shape index (κ3) is 5.44. The smallest absolute Gasteiger partial charge is 0.321 e. The van der Waals surface area contributed by atoms with Crippen molar-refractivity contribution in [1.82, 2.24) is 14.7 Å². The van der Waals surface area contributed by atoms with E-state index in [1.54, 1.807) is 0 Å². The summed E-state index contributed by atoms with van der Waals surface area (Å²) in [4.78, 5) is 19.6. The molecule has 1 aromatic carbocycles. The van der Waals surface area contributed by atoms with Gasteiger partial charge in [0.25, 0.3) is 0 Å². The number of carbonyl (C=O) groups excluding carboxylic acids is 1. The van der Waals surface area contributed by atoms with Crippen molar-refractivity contribution in [2.45, 2.75) is 39.7 Å². The van der Waals surface area contributed by atoms with Crippen LogP contribution in [0.5, 0.6) is 0 Å². The highest BCUT2D eigenvalue weighted by Gasteiger charge is 2.27. The maximum Gasteiger partial charge on any atom is 0.321 e. The Hall–Kier alpha value is -1.59. The number of carbonyl (C=O) groups is 1. The minimum atomic E-state index is 0.0159. The molecule has 5 nitrogen and oxygen atoms in total. The third-order valence-corrected chi connectivity index (χ3v) is 5.15. The summed E-state index contributed by atoms with van der Waals surface area (Å²) < 4.78 is 0. The average molecular weight is 347 g/mol. The van der Waals surface area contributed by atoms with Crippen molar-refractivity contribution in [2.75, 3.05) is 52.1 Å². The fourth-order valence-corrected chi connectivity index (χ4v) is 3.57. The highest BCUT2D eigenvalue weighted by molar-refractivity contribution is 5.91. The second-order valence-electron chi connectivity index (χ2n) is 7.37. The van der Waals surface area contributed by atoms with Gasteiger partial charge < -0.3 is 15.1 Å². The first-order chi connectivity index (χ1) is 11.9. The number of para-hydroxylation sites is 1. The van der Waals surface area contributed by atoms with Crippen molar-refractivity contribution in [3.63, 3.8) is 0 Å². The molecule has 2 amide bonds. The Morgan fingerprint density at radius 2 is 1.92 bits per heavy atom. The number of anilines is 1. The molecule has 1 saturated heterocycles. The molecule has 1 heterocycles. The van der Waals surface area contributed by atoms with Crippen LogP contribution in [0, 0.1) is 13.8 Å². The van der Waals surface area contributed by atoms with Crippen LogP contribution in [0.2, 0.25) is 0 Å². The molecule has 0 aromatic heterocycles. The number of aryl methyl sites for hydroxylation is 2. The molecular formula is C20H34N4O. The summed E-state index contributed by atoms with van der Waals surface area (Å²) in [6.45, 7) is 10.9. The first-order valence-corrected chi connectivity index (χ1v) is 9.43. The number of amides is 2. The van der Waals surface area contributed by atoms with Crippen molar-refractivity contribution in [2.24, 2.45) is 0 Å². The van der Waals surface area contributed by atoms with Gasteiger partial charge in [0.1, 0.15) is 0 Å². The van der Waals surface area contributed by atoms with Gasteiger partial charge in [-0.3, -0.25) is 4.90 Å². The van der Waals surface area contributed by atoms with Crippen LogP contribution < -0.4 is 5.32 Å². The molecule has 0 aliphatic carbocycles. The van der Waals surface area contributed by atoms with Gasteiger partial charge in [0.2, 0.25) is 0 Å². The zero-order valence-electron chi connectivity index (χ0n) is 16.5. The lowest BCUT2D eigenvalue weighted by molar-refractivity contribution is 0.172. The van der Waals surface area contributed by atoms with E-state index in [9.17, 15) is 4.79 Å². The molecule has 0 bridgehead atoms. The molecule has 2 rings (SSSR count). The van der Waals surface area contributed by atoms with Crippen LogP contribution in [0.4, 0.5) is 10.5 Å². The first kappa shape index (κ1) is 19.7. The highest BCUT2D eigenvalue weighted by atomic mass is 16.2. The number of urea groups is 1. The standard InChI is InChI=1S/C20H34N4O/c1-6-23-12-8-11-18(23)15-24(14-13-22(4)5)20(25)21-19-16(2)9-7-10-17(19)3/h7,9-10,18H,6,8,11-15H2,1-5H3,(H,21,25)/t18-/m0/s1. The van der Waals surface area contributed by atoms with E-state index in [2.05, 4.69) is 36.1 Å². The van der Waals surface area contributed by atoms with Crippen molar-refractivity contribution >= 4 is 11.7 Å². The van der Waals surface area contributed by atoms with E-state index in [0.29, 0.717) is 6.04 Å². The molecule has 1 atom stereocenters. The predicted octanol–water partition coefficient (Wildman–Crippen LogP) is 3.18. The third-order valence-electron chi connectivity index (χ3n) is 5.15. The van der Waals surface area contributed by atoms with Gasteiger partial charge in [0.05, 0.1) is 0 Å². The fourth-order valence-electron chi connectivity index (χ4n) is 3.57. The van der Waals surface area contributed by atoms with Gasteiger partial charge >= 0.3 is 6.03 Å². The lowest BCUT2D eigenvalue weighted by Gasteiger charge is -2.31. The SMILES string of the molecule is CCN1CCC[C@H]1CN(CCN(C)C)C(=O)Nc1c(C)cccc1C. The van der Waals surface area contributed by atoms with E-state index in [1.165, 1.54) is 12.8 Å². The maximum absolute atomic E-state index is 13.0. The van der Waals surface area contributed by atoms with Crippen LogP contribution in [-0.4, -0.2) is 73.6 Å². The number of likely N-dealkylation sites (tertiary alicyclic amines) is 1. The fraction of sp³-hybridized carbons (Fsp3) is 0.650. The molecule has 0 spiro atoms. The van der Waals surface area contributed by atoms with Gasteiger partial charge in [-0.15, -0.1) is 0 Å². The Morgan fingerprint density at radius 1 is 1.24 bits per heavy atom. The number of benzene rings is 1. The largest absolute Gasteiger partial charge is 0.322 e. The minimum Gasteiger partial charge on any atom is -0.322 e. The summed E-state index contributed by atoms with van der Waals surface area (Å²) in [6.07, 6.45) is 2.42. The van der Waals surface area contributed by atoms with E-state index in [0.717, 1.165) is 49.5 Å². The summed E-state index contributed by atoms with van der Waals surface area (Å²) >= 11 is 0. The van der Waals surface area contributed by atoms with Gasteiger partial charge in [0.15, 0.2) is 0 Å². The number of likely N-dealkylation sites (N-methyl/N-ethyl adjacent to an activating group) is 2. The summed E-state index contributed by atoms with van der Waals surface area (Å²) in [5.41, 5.74) is 3.16. The zero-order chi connectivity index (χ0) is 18.4. The average Bonchev–Trinajstić information content (AvgIpc) is 3.01. The number of nitrogens with one attached hydrogen (secondary N) is 1. The molecule has 1 N–H and O–H groups in total. The summed E-state index contributed by atoms with van der Waals surface area (Å²) in [6, 6.07) is 6.62. The topological polar surface area (TPSA) is 38.8 Å². The summed E-state index contributed by atoms with van der Waals surface area (Å²) in [5, 5.41) is 3.16. The highest BCUT2D eigenvalue weighted by Crippen LogP contribution is 2.21. The Balaban J connectivity index is 2.09. The van der Waals surface area contributed by atoms with Gasteiger partial charge in [-0.05, 0) is 65.0 Å². The van der Waals surface area contributed by atoms with Crippen LogP contribution in [0.25, 0.3) is 0 Å².